The van der Waals surface area contributed by atoms with Gasteiger partial charge in [0, 0.05) is 24.7 Å². The van der Waals surface area contributed by atoms with Crippen LogP contribution in [0.2, 0.25) is 5.02 Å². The van der Waals surface area contributed by atoms with Gasteiger partial charge >= 0.3 is 0 Å². The Bertz CT molecular complexity index is 957. The molecule has 4 nitrogen and oxygen atoms in total. The summed E-state index contributed by atoms with van der Waals surface area (Å²) in [7, 11) is 1.74. The fourth-order valence-corrected chi connectivity index (χ4v) is 2.88. The van der Waals surface area contributed by atoms with Gasteiger partial charge in [-0.15, -0.1) is 0 Å². The summed E-state index contributed by atoms with van der Waals surface area (Å²) in [4.78, 5) is 26.8. The van der Waals surface area contributed by atoms with Crippen molar-refractivity contribution >= 4 is 29.1 Å². The fraction of sp³-hybridized carbons (Fsp3) is 0.0909. The Kier molecular flexibility index (Phi) is 5.89. The highest BCUT2D eigenvalue weighted by Crippen LogP contribution is 2.21. The third kappa shape index (κ3) is 4.74. The number of nitrogens with zero attached hydrogens (tertiary/aromatic N) is 1. The molecule has 0 unspecified atom stereocenters. The predicted octanol–water partition coefficient (Wildman–Crippen LogP) is 4.86. The van der Waals surface area contributed by atoms with Crippen LogP contribution in [0.15, 0.2) is 78.9 Å². The summed E-state index contributed by atoms with van der Waals surface area (Å²) in [5.41, 5.74) is 2.43. The number of nitrogens with one attached hydrogen (secondary N) is 1. The summed E-state index contributed by atoms with van der Waals surface area (Å²) >= 11 is 6.08. The zero-order valence-corrected chi connectivity index (χ0v) is 15.6. The first-order valence-electron chi connectivity index (χ1n) is 8.50. The average molecular weight is 379 g/mol. The van der Waals surface area contributed by atoms with Gasteiger partial charge in [0.2, 0.25) is 0 Å². The van der Waals surface area contributed by atoms with Crippen LogP contribution in [0, 0.1) is 0 Å². The van der Waals surface area contributed by atoms with Crippen LogP contribution in [-0.4, -0.2) is 23.8 Å². The second-order valence-corrected chi connectivity index (χ2v) is 6.57. The molecular formula is C22H19ClN2O2. The number of carbonyl (C=O) groups is 2. The largest absolute Gasteiger partial charge is 0.337 e. The summed E-state index contributed by atoms with van der Waals surface area (Å²) in [5, 5.41) is 3.22. The smallest absolute Gasteiger partial charge is 0.255 e. The van der Waals surface area contributed by atoms with Gasteiger partial charge in [-0.05, 0) is 35.9 Å². The number of anilines is 1. The molecule has 0 bridgehead atoms. The number of amides is 2. The molecule has 1 N–H and O–H groups in total. The van der Waals surface area contributed by atoms with Crippen LogP contribution in [0.3, 0.4) is 0 Å². The minimum absolute atomic E-state index is 0.147. The van der Waals surface area contributed by atoms with E-state index in [2.05, 4.69) is 5.32 Å². The highest BCUT2D eigenvalue weighted by atomic mass is 35.5. The number of hydrogen-bond donors (Lipinski definition) is 1. The van der Waals surface area contributed by atoms with Crippen LogP contribution in [0.1, 0.15) is 26.3 Å². The topological polar surface area (TPSA) is 49.4 Å². The molecule has 136 valence electrons. The van der Waals surface area contributed by atoms with E-state index in [0.29, 0.717) is 28.4 Å². The Balaban J connectivity index is 1.73. The standard InChI is InChI=1S/C22H19ClN2O2/c1-25(15-16-8-3-2-4-9-16)22(27)18-11-7-10-17(14-18)21(26)24-20-13-6-5-12-19(20)23/h2-14H,15H2,1H3,(H,24,26). The molecule has 0 fully saturated rings. The Morgan fingerprint density at radius 3 is 2.30 bits per heavy atom. The molecular weight excluding hydrogens is 360 g/mol. The maximum absolute atomic E-state index is 12.7. The van der Waals surface area contributed by atoms with Crippen LogP contribution >= 0.6 is 11.6 Å². The Hall–Kier alpha value is -3.11. The Morgan fingerprint density at radius 1 is 0.889 bits per heavy atom. The lowest BCUT2D eigenvalue weighted by Gasteiger charge is -2.17. The molecule has 3 aromatic carbocycles. The highest BCUT2D eigenvalue weighted by molar-refractivity contribution is 6.33. The van der Waals surface area contributed by atoms with Gasteiger partial charge < -0.3 is 10.2 Å². The molecule has 0 aliphatic rings. The van der Waals surface area contributed by atoms with Gasteiger partial charge in [-0.1, -0.05) is 60.1 Å². The van der Waals surface area contributed by atoms with Crippen LogP contribution in [0.25, 0.3) is 0 Å². The molecule has 0 spiro atoms. The predicted molar refractivity (Wildman–Crippen MR) is 108 cm³/mol. The molecule has 0 aromatic heterocycles. The van der Waals surface area contributed by atoms with E-state index >= 15 is 0 Å². The normalized spacial score (nSPS) is 10.3. The summed E-state index contributed by atoms with van der Waals surface area (Å²) in [6, 6.07) is 23.4. The van der Waals surface area contributed by atoms with Gasteiger partial charge in [0.15, 0.2) is 0 Å². The maximum Gasteiger partial charge on any atom is 0.255 e. The van der Waals surface area contributed by atoms with Gasteiger partial charge in [0.1, 0.15) is 0 Å². The third-order valence-corrected chi connectivity index (χ3v) is 4.43. The van der Waals surface area contributed by atoms with Gasteiger partial charge in [0.25, 0.3) is 11.8 Å². The van der Waals surface area contributed by atoms with Crippen molar-refractivity contribution < 1.29 is 9.59 Å². The lowest BCUT2D eigenvalue weighted by atomic mass is 10.1. The van der Waals surface area contributed by atoms with Crippen molar-refractivity contribution in [1.82, 2.24) is 4.90 Å². The highest BCUT2D eigenvalue weighted by Gasteiger charge is 2.15. The summed E-state index contributed by atoms with van der Waals surface area (Å²) in [6.07, 6.45) is 0. The molecule has 0 heterocycles. The quantitative estimate of drug-likeness (QED) is 0.688. The summed E-state index contributed by atoms with van der Waals surface area (Å²) in [6.45, 7) is 0.496. The summed E-state index contributed by atoms with van der Waals surface area (Å²) in [5.74, 6) is -0.463. The van der Waals surface area contributed by atoms with E-state index in [0.717, 1.165) is 5.56 Å². The first kappa shape index (κ1) is 18.7. The molecule has 5 heteroatoms. The van der Waals surface area contributed by atoms with E-state index in [9.17, 15) is 9.59 Å². The number of benzene rings is 3. The van der Waals surface area contributed by atoms with Crippen molar-refractivity contribution in [1.29, 1.82) is 0 Å². The molecule has 3 aromatic rings. The monoisotopic (exact) mass is 378 g/mol. The van der Waals surface area contributed by atoms with Gasteiger partial charge in [0.05, 0.1) is 10.7 Å². The number of hydrogen-bond acceptors (Lipinski definition) is 2. The second kappa shape index (κ2) is 8.52. The van der Waals surface area contributed by atoms with E-state index < -0.39 is 0 Å². The molecule has 27 heavy (non-hydrogen) atoms. The van der Waals surface area contributed by atoms with E-state index in [1.54, 1.807) is 60.5 Å². The van der Waals surface area contributed by atoms with Crippen molar-refractivity contribution in [2.45, 2.75) is 6.54 Å². The number of para-hydroxylation sites is 1. The Labute approximate surface area is 163 Å². The van der Waals surface area contributed by atoms with Gasteiger partial charge in [-0.25, -0.2) is 0 Å². The van der Waals surface area contributed by atoms with Crippen molar-refractivity contribution in [3.63, 3.8) is 0 Å². The van der Waals surface area contributed by atoms with Gasteiger partial charge in [-0.2, -0.15) is 0 Å². The zero-order valence-electron chi connectivity index (χ0n) is 14.9. The van der Waals surface area contributed by atoms with Crippen LogP contribution < -0.4 is 5.32 Å². The van der Waals surface area contributed by atoms with E-state index in [-0.39, 0.29) is 11.8 Å². The van der Waals surface area contributed by atoms with Gasteiger partial charge in [-0.3, -0.25) is 9.59 Å². The zero-order chi connectivity index (χ0) is 19.2. The van der Waals surface area contributed by atoms with E-state index in [1.807, 2.05) is 30.3 Å². The number of halogens is 1. The van der Waals surface area contributed by atoms with E-state index in [1.165, 1.54) is 0 Å². The first-order valence-corrected chi connectivity index (χ1v) is 8.88. The van der Waals surface area contributed by atoms with Crippen LogP contribution in [-0.2, 0) is 6.54 Å². The average Bonchev–Trinajstić information content (AvgIpc) is 2.70. The SMILES string of the molecule is CN(Cc1ccccc1)C(=O)c1cccc(C(=O)Nc2ccccc2Cl)c1. The van der Waals surface area contributed by atoms with Crippen molar-refractivity contribution in [3.8, 4) is 0 Å². The van der Waals surface area contributed by atoms with E-state index in [4.69, 9.17) is 11.6 Å². The maximum atomic E-state index is 12.7. The van der Waals surface area contributed by atoms with Crippen molar-refractivity contribution in [3.05, 3.63) is 101 Å². The molecule has 0 saturated heterocycles. The molecule has 0 radical (unpaired) electrons. The van der Waals surface area contributed by atoms with Crippen LogP contribution in [0.5, 0.6) is 0 Å². The fourth-order valence-electron chi connectivity index (χ4n) is 2.70. The van der Waals surface area contributed by atoms with Crippen molar-refractivity contribution in [2.75, 3.05) is 12.4 Å². The molecule has 0 atom stereocenters. The minimum atomic E-state index is -0.316. The second-order valence-electron chi connectivity index (χ2n) is 6.16. The molecule has 3 rings (SSSR count). The minimum Gasteiger partial charge on any atom is -0.337 e. The molecule has 2 amide bonds. The van der Waals surface area contributed by atoms with Crippen LogP contribution in [0.4, 0.5) is 5.69 Å². The lowest BCUT2D eigenvalue weighted by molar-refractivity contribution is 0.0785. The Morgan fingerprint density at radius 2 is 1.56 bits per heavy atom. The molecule has 0 aliphatic heterocycles. The third-order valence-electron chi connectivity index (χ3n) is 4.10. The molecule has 0 saturated carbocycles. The molecule has 0 aliphatic carbocycles. The number of carbonyl (C=O) groups excluding carboxylic acids is 2. The lowest BCUT2D eigenvalue weighted by Crippen LogP contribution is -2.26. The summed E-state index contributed by atoms with van der Waals surface area (Å²) < 4.78 is 0. The van der Waals surface area contributed by atoms with Crippen molar-refractivity contribution in [2.24, 2.45) is 0 Å². The number of rotatable bonds is 5. The first-order chi connectivity index (χ1) is 13.0.